The molecule has 0 amide bonds. The molecular weight excluding hydrogens is 858 g/mol. The fourth-order valence-corrected chi connectivity index (χ4v) is 7.59. The summed E-state index contributed by atoms with van der Waals surface area (Å²) in [6, 6.07) is 0. The third-order valence-corrected chi connectivity index (χ3v) is 11.6. The van der Waals surface area contributed by atoms with Crippen molar-refractivity contribution >= 4 is 19.8 Å². The van der Waals surface area contributed by atoms with Gasteiger partial charge in [-0.1, -0.05) is 207 Å². The van der Waals surface area contributed by atoms with Gasteiger partial charge in [0.2, 0.25) is 0 Å². The van der Waals surface area contributed by atoms with Crippen LogP contribution in [0.5, 0.6) is 0 Å². The fraction of sp³-hybridized carbons (Fsp3) is 0.649. The minimum Gasteiger partial charge on any atom is -0.462 e. The summed E-state index contributed by atoms with van der Waals surface area (Å²) in [7, 11) is -4.39. The van der Waals surface area contributed by atoms with Crippen molar-refractivity contribution in [3.8, 4) is 0 Å². The Morgan fingerprint density at radius 2 is 0.776 bits per heavy atom. The topological polar surface area (TPSA) is 134 Å². The standard InChI is InChI=1S/C57H96NO8P/c1-3-5-7-9-11-13-15-17-18-19-20-21-22-23-24-25-26-27-28-29-30-31-32-33-34-35-36-38-40-42-44-46-48-50-57(60)66-55(54-65-67(61,62)64-52-51-58)53-63-56(59)49-47-45-43-41-39-37-16-14-12-10-8-6-4-2/h5-8,11-14,17-18,20-21,23-24,26-27,37,39,55H,3-4,9-10,15-16,19,22,25,28-36,38,40-54,58H2,1-2H3,(H,61,62)/b7-5-,8-6-,13-11-,14-12-,18-17-,21-20-,24-23-,27-26-,39-37-. The first-order valence-corrected chi connectivity index (χ1v) is 27.9. The summed E-state index contributed by atoms with van der Waals surface area (Å²) in [5.74, 6) is -0.869. The predicted molar refractivity (Wildman–Crippen MR) is 284 cm³/mol. The number of esters is 2. The van der Waals surface area contributed by atoms with Gasteiger partial charge < -0.3 is 20.1 Å². The average molecular weight is 954 g/mol. The molecule has 382 valence electrons. The van der Waals surface area contributed by atoms with Crippen LogP contribution in [0.15, 0.2) is 109 Å². The van der Waals surface area contributed by atoms with Crippen molar-refractivity contribution in [2.24, 2.45) is 5.73 Å². The molecule has 3 N–H and O–H groups in total. The van der Waals surface area contributed by atoms with Gasteiger partial charge in [0, 0.05) is 19.4 Å². The van der Waals surface area contributed by atoms with Gasteiger partial charge in [0.05, 0.1) is 13.2 Å². The smallest absolute Gasteiger partial charge is 0.462 e. The lowest BCUT2D eigenvalue weighted by Crippen LogP contribution is -2.29. The summed E-state index contributed by atoms with van der Waals surface area (Å²) < 4.78 is 32.9. The molecule has 9 nitrogen and oxygen atoms in total. The molecule has 0 bridgehead atoms. The molecule has 0 heterocycles. The summed E-state index contributed by atoms with van der Waals surface area (Å²) in [6.07, 6.45) is 70.1. The van der Waals surface area contributed by atoms with Crippen molar-refractivity contribution in [2.75, 3.05) is 26.4 Å². The van der Waals surface area contributed by atoms with Crippen LogP contribution < -0.4 is 5.73 Å². The molecule has 0 aliphatic rings. The average Bonchev–Trinajstić information content (AvgIpc) is 3.32. The van der Waals surface area contributed by atoms with E-state index in [1.807, 2.05) is 0 Å². The number of carbonyl (C=O) groups is 2. The second kappa shape index (κ2) is 52.0. The van der Waals surface area contributed by atoms with Gasteiger partial charge in [-0.3, -0.25) is 18.6 Å². The molecule has 0 saturated heterocycles. The Kier molecular flexibility index (Phi) is 49.5. The molecule has 0 aliphatic carbocycles. The summed E-state index contributed by atoms with van der Waals surface area (Å²) in [5, 5.41) is 0. The second-order valence-corrected chi connectivity index (χ2v) is 18.4. The summed E-state index contributed by atoms with van der Waals surface area (Å²) in [5.41, 5.74) is 5.36. The van der Waals surface area contributed by atoms with Crippen LogP contribution in [0.1, 0.15) is 206 Å². The molecule has 0 fully saturated rings. The number of ether oxygens (including phenoxy) is 2. The van der Waals surface area contributed by atoms with E-state index < -0.39 is 32.5 Å². The lowest BCUT2D eigenvalue weighted by atomic mass is 10.0. The van der Waals surface area contributed by atoms with Gasteiger partial charge in [-0.25, -0.2) is 4.57 Å². The molecule has 0 radical (unpaired) electrons. The highest BCUT2D eigenvalue weighted by Crippen LogP contribution is 2.43. The highest BCUT2D eigenvalue weighted by atomic mass is 31.2. The Bertz CT molecular complexity index is 1460. The number of rotatable bonds is 48. The third-order valence-electron chi connectivity index (χ3n) is 10.7. The zero-order valence-corrected chi connectivity index (χ0v) is 43.2. The maximum atomic E-state index is 12.7. The van der Waals surface area contributed by atoms with E-state index in [9.17, 15) is 19.0 Å². The van der Waals surface area contributed by atoms with Crippen molar-refractivity contribution in [3.05, 3.63) is 109 Å². The summed E-state index contributed by atoms with van der Waals surface area (Å²) in [6.45, 7) is 3.46. The second-order valence-electron chi connectivity index (χ2n) is 17.0. The monoisotopic (exact) mass is 954 g/mol. The molecule has 0 aliphatic heterocycles. The van der Waals surface area contributed by atoms with Crippen LogP contribution in [0, 0.1) is 0 Å². The van der Waals surface area contributed by atoms with Gasteiger partial charge in [-0.2, -0.15) is 0 Å². The lowest BCUT2D eigenvalue weighted by molar-refractivity contribution is -0.161. The van der Waals surface area contributed by atoms with Crippen molar-refractivity contribution in [1.29, 1.82) is 0 Å². The van der Waals surface area contributed by atoms with E-state index in [4.69, 9.17) is 24.3 Å². The number of carbonyl (C=O) groups excluding carboxylic acids is 2. The van der Waals surface area contributed by atoms with Crippen LogP contribution in [0.2, 0.25) is 0 Å². The molecule has 0 aromatic carbocycles. The van der Waals surface area contributed by atoms with E-state index in [0.717, 1.165) is 96.3 Å². The lowest BCUT2D eigenvalue weighted by Gasteiger charge is -2.19. The normalized spacial score (nSPS) is 14.0. The van der Waals surface area contributed by atoms with Gasteiger partial charge >= 0.3 is 19.8 Å². The Labute approximate surface area is 409 Å². The van der Waals surface area contributed by atoms with E-state index in [-0.39, 0.29) is 32.6 Å². The van der Waals surface area contributed by atoms with Crippen LogP contribution in [0.25, 0.3) is 0 Å². The minimum absolute atomic E-state index is 0.0445. The van der Waals surface area contributed by atoms with Crippen molar-refractivity contribution < 1.29 is 37.6 Å². The van der Waals surface area contributed by atoms with Gasteiger partial charge in [0.1, 0.15) is 6.61 Å². The number of phosphoric ester groups is 1. The molecule has 0 spiro atoms. The van der Waals surface area contributed by atoms with Gasteiger partial charge in [-0.05, 0) is 96.3 Å². The quantitative estimate of drug-likeness (QED) is 0.0264. The zero-order chi connectivity index (χ0) is 48.8. The molecule has 0 aromatic rings. The minimum atomic E-state index is -4.39. The molecule has 67 heavy (non-hydrogen) atoms. The van der Waals surface area contributed by atoms with Gasteiger partial charge in [-0.15, -0.1) is 0 Å². The van der Waals surface area contributed by atoms with Crippen molar-refractivity contribution in [3.63, 3.8) is 0 Å². The molecule has 2 unspecified atom stereocenters. The van der Waals surface area contributed by atoms with Crippen LogP contribution >= 0.6 is 7.82 Å². The first-order valence-electron chi connectivity index (χ1n) is 26.4. The zero-order valence-electron chi connectivity index (χ0n) is 42.3. The summed E-state index contributed by atoms with van der Waals surface area (Å²) in [4.78, 5) is 35.0. The Balaban J connectivity index is 3.96. The van der Waals surface area contributed by atoms with E-state index in [1.54, 1.807) is 0 Å². The van der Waals surface area contributed by atoms with E-state index in [2.05, 4.69) is 123 Å². The predicted octanol–water partition coefficient (Wildman–Crippen LogP) is 16.3. The van der Waals surface area contributed by atoms with Crippen LogP contribution in [0.4, 0.5) is 0 Å². The summed E-state index contributed by atoms with van der Waals surface area (Å²) >= 11 is 0. The molecule has 2 atom stereocenters. The van der Waals surface area contributed by atoms with E-state index in [0.29, 0.717) is 12.8 Å². The number of hydrogen-bond acceptors (Lipinski definition) is 8. The highest BCUT2D eigenvalue weighted by molar-refractivity contribution is 7.47. The van der Waals surface area contributed by atoms with E-state index in [1.165, 1.54) is 70.6 Å². The Morgan fingerprint density at radius 3 is 1.16 bits per heavy atom. The van der Waals surface area contributed by atoms with Crippen molar-refractivity contribution in [1.82, 2.24) is 0 Å². The third kappa shape index (κ3) is 51.9. The first-order chi connectivity index (χ1) is 32.8. The number of hydrogen-bond donors (Lipinski definition) is 2. The fourth-order valence-electron chi connectivity index (χ4n) is 6.83. The number of nitrogens with two attached hydrogens (primary N) is 1. The van der Waals surface area contributed by atoms with Gasteiger partial charge in [0.15, 0.2) is 6.10 Å². The van der Waals surface area contributed by atoms with E-state index >= 15 is 0 Å². The molecule has 10 heteroatoms. The van der Waals surface area contributed by atoms with Gasteiger partial charge in [0.25, 0.3) is 0 Å². The maximum Gasteiger partial charge on any atom is 0.472 e. The van der Waals surface area contributed by atoms with Crippen LogP contribution in [0.3, 0.4) is 0 Å². The molecular formula is C57H96NO8P. The maximum absolute atomic E-state index is 12.7. The van der Waals surface area contributed by atoms with Crippen molar-refractivity contribution in [2.45, 2.75) is 213 Å². The number of unbranched alkanes of at least 4 members (excludes halogenated alkanes) is 17. The van der Waals surface area contributed by atoms with Crippen LogP contribution in [-0.2, 0) is 32.7 Å². The molecule has 0 saturated carbocycles. The molecule has 0 rings (SSSR count). The largest absolute Gasteiger partial charge is 0.472 e. The Hall–Kier alpha value is -3.33. The highest BCUT2D eigenvalue weighted by Gasteiger charge is 2.26. The SMILES string of the molecule is CC/C=C\C/C=C\C/C=C\C/C=C\C/C=C\C/C=C\CCCCCCCCCCCCCCCCC(=O)OC(COC(=O)CCCCC/C=C\C/C=C\C/C=C\CC)COP(=O)(O)OCCN. The number of phosphoric acid groups is 1. The first kappa shape index (κ1) is 63.7. The number of allylic oxidation sites excluding steroid dienone is 18. The molecule has 0 aromatic heterocycles. The van der Waals surface area contributed by atoms with Crippen LogP contribution in [-0.4, -0.2) is 49.3 Å². The Morgan fingerprint density at radius 1 is 0.448 bits per heavy atom.